The van der Waals surface area contributed by atoms with Gasteiger partial charge in [0.15, 0.2) is 12.4 Å². The Morgan fingerprint density at radius 2 is 1.92 bits per heavy atom. The molecule has 0 aromatic heterocycles. The van der Waals surface area contributed by atoms with Gasteiger partial charge in [0.25, 0.3) is 5.91 Å². The first-order valence-electron chi connectivity index (χ1n) is 7.06. The maximum atomic E-state index is 12.0. The summed E-state index contributed by atoms with van der Waals surface area (Å²) in [6.07, 6.45) is 0. The predicted molar refractivity (Wildman–Crippen MR) is 95.0 cm³/mol. The number of benzene rings is 2. The summed E-state index contributed by atoms with van der Waals surface area (Å²) in [5.41, 5.74) is -0.202. The molecule has 26 heavy (non-hydrogen) atoms. The van der Waals surface area contributed by atoms with Crippen LogP contribution in [0.15, 0.2) is 36.4 Å². The molecule has 0 saturated carbocycles. The van der Waals surface area contributed by atoms with Gasteiger partial charge in [-0.25, -0.2) is 4.79 Å². The van der Waals surface area contributed by atoms with E-state index in [1.54, 1.807) is 6.07 Å². The van der Waals surface area contributed by atoms with Crippen molar-refractivity contribution in [2.75, 3.05) is 19.0 Å². The molecule has 0 aliphatic rings. The fraction of sp³-hybridized carbons (Fsp3) is 0.125. The van der Waals surface area contributed by atoms with E-state index in [-0.39, 0.29) is 22.0 Å². The second-order valence-corrected chi connectivity index (χ2v) is 5.74. The molecule has 0 aliphatic heterocycles. The minimum Gasteiger partial charge on any atom is -0.477 e. The molecular formula is C16H12Cl2N2O6. The van der Waals surface area contributed by atoms with Crippen LogP contribution in [0.3, 0.4) is 0 Å². The van der Waals surface area contributed by atoms with Crippen molar-refractivity contribution in [2.24, 2.45) is 0 Å². The molecule has 2 rings (SSSR count). The molecule has 0 radical (unpaired) electrons. The number of carbonyl (C=O) groups is 2. The minimum atomic E-state index is -0.729. The summed E-state index contributed by atoms with van der Waals surface area (Å²) in [6, 6.07) is 8.03. The van der Waals surface area contributed by atoms with Crippen molar-refractivity contribution < 1.29 is 24.0 Å². The summed E-state index contributed by atoms with van der Waals surface area (Å²) in [5, 5.41) is 14.3. The summed E-state index contributed by atoms with van der Waals surface area (Å²) >= 11 is 11.8. The Labute approximate surface area is 157 Å². The molecular weight excluding hydrogens is 387 g/mol. The first-order valence-corrected chi connectivity index (χ1v) is 7.82. The topological polar surface area (TPSA) is 108 Å². The van der Waals surface area contributed by atoms with Crippen LogP contribution in [0.5, 0.6) is 5.75 Å². The molecule has 1 amide bonds. The normalized spacial score (nSPS) is 10.1. The fourth-order valence-corrected chi connectivity index (χ4v) is 2.29. The number of nitrogens with zero attached hydrogens (tertiary/aromatic N) is 1. The molecule has 0 saturated heterocycles. The number of halogens is 2. The van der Waals surface area contributed by atoms with Gasteiger partial charge >= 0.3 is 11.7 Å². The summed E-state index contributed by atoms with van der Waals surface area (Å²) in [4.78, 5) is 33.8. The van der Waals surface area contributed by atoms with E-state index in [1.165, 1.54) is 24.3 Å². The highest BCUT2D eigenvalue weighted by Crippen LogP contribution is 2.29. The molecule has 0 bridgehead atoms. The van der Waals surface area contributed by atoms with Crippen molar-refractivity contribution >= 4 is 46.5 Å². The van der Waals surface area contributed by atoms with Crippen molar-refractivity contribution in [3.05, 3.63) is 62.1 Å². The van der Waals surface area contributed by atoms with Crippen LogP contribution >= 0.6 is 23.2 Å². The molecule has 0 atom stereocenters. The molecule has 136 valence electrons. The van der Waals surface area contributed by atoms with Crippen molar-refractivity contribution in [3.8, 4) is 5.75 Å². The second kappa shape index (κ2) is 8.50. The average molecular weight is 399 g/mol. The smallest absolute Gasteiger partial charge is 0.338 e. The number of hydrogen-bond donors (Lipinski definition) is 1. The summed E-state index contributed by atoms with van der Waals surface area (Å²) in [5.74, 6) is -1.50. The summed E-state index contributed by atoms with van der Waals surface area (Å²) in [7, 11) is 1.16. The molecule has 1 N–H and O–H groups in total. The predicted octanol–water partition coefficient (Wildman–Crippen LogP) is 3.71. The number of hydrogen-bond acceptors (Lipinski definition) is 6. The van der Waals surface area contributed by atoms with Crippen molar-refractivity contribution in [2.45, 2.75) is 0 Å². The number of nitro groups is 1. The Balaban J connectivity index is 2.10. The number of carbonyl (C=O) groups excluding carboxylic acids is 2. The highest BCUT2D eigenvalue weighted by molar-refractivity contribution is 6.35. The van der Waals surface area contributed by atoms with E-state index in [2.05, 4.69) is 10.1 Å². The molecule has 8 nitrogen and oxygen atoms in total. The van der Waals surface area contributed by atoms with Crippen LogP contribution in [0.1, 0.15) is 10.4 Å². The molecule has 10 heteroatoms. The zero-order valence-electron chi connectivity index (χ0n) is 13.3. The van der Waals surface area contributed by atoms with Crippen molar-refractivity contribution in [1.29, 1.82) is 0 Å². The number of methoxy groups -OCH3 is 1. The third kappa shape index (κ3) is 4.84. The number of nitrogens with one attached hydrogen (secondary N) is 1. The molecule has 0 fully saturated rings. The van der Waals surface area contributed by atoms with Gasteiger partial charge in [0.05, 0.1) is 28.3 Å². The SMILES string of the molecule is COC(=O)c1ccc(OCC(=O)Nc2cc(Cl)ccc2Cl)c([N+](=O)[O-])c1. The van der Waals surface area contributed by atoms with Crippen LogP contribution in [0.2, 0.25) is 10.0 Å². The Morgan fingerprint density at radius 1 is 1.19 bits per heavy atom. The van der Waals surface area contributed by atoms with Gasteiger partial charge in [-0.05, 0) is 30.3 Å². The molecule has 0 spiro atoms. The Morgan fingerprint density at radius 3 is 2.58 bits per heavy atom. The van der Waals surface area contributed by atoms with Crippen LogP contribution in [0.4, 0.5) is 11.4 Å². The highest BCUT2D eigenvalue weighted by Gasteiger charge is 2.20. The zero-order valence-corrected chi connectivity index (χ0v) is 14.8. The summed E-state index contributed by atoms with van der Waals surface area (Å²) in [6.45, 7) is -0.513. The second-order valence-electron chi connectivity index (χ2n) is 4.89. The maximum Gasteiger partial charge on any atom is 0.338 e. The lowest BCUT2D eigenvalue weighted by atomic mass is 10.2. The number of esters is 1. The van der Waals surface area contributed by atoms with E-state index in [0.717, 1.165) is 13.2 Å². The van der Waals surface area contributed by atoms with E-state index in [4.69, 9.17) is 27.9 Å². The van der Waals surface area contributed by atoms with Gasteiger partial charge in [-0.1, -0.05) is 23.2 Å². The monoisotopic (exact) mass is 398 g/mol. The lowest BCUT2D eigenvalue weighted by Gasteiger charge is -2.10. The number of rotatable bonds is 6. The molecule has 0 aliphatic carbocycles. The van der Waals surface area contributed by atoms with E-state index >= 15 is 0 Å². The first-order chi connectivity index (χ1) is 12.3. The molecule has 0 unspecified atom stereocenters. The van der Waals surface area contributed by atoms with E-state index in [9.17, 15) is 19.7 Å². The van der Waals surface area contributed by atoms with E-state index in [0.29, 0.717) is 5.02 Å². The minimum absolute atomic E-state index is 0.0123. The third-order valence-electron chi connectivity index (χ3n) is 3.14. The molecule has 2 aromatic carbocycles. The number of anilines is 1. The number of amides is 1. The fourth-order valence-electron chi connectivity index (χ4n) is 1.95. The van der Waals surface area contributed by atoms with Crippen LogP contribution in [-0.2, 0) is 9.53 Å². The van der Waals surface area contributed by atoms with Crippen molar-refractivity contribution in [1.82, 2.24) is 0 Å². The number of ether oxygens (including phenoxy) is 2. The van der Waals surface area contributed by atoms with Crippen molar-refractivity contribution in [3.63, 3.8) is 0 Å². The van der Waals surface area contributed by atoms with Gasteiger partial charge < -0.3 is 14.8 Å². The van der Waals surface area contributed by atoms with E-state index < -0.39 is 29.1 Å². The van der Waals surface area contributed by atoms with E-state index in [1.807, 2.05) is 0 Å². The van der Waals surface area contributed by atoms with Gasteiger partial charge in [0.1, 0.15) is 0 Å². The number of nitro benzene ring substituents is 1. The lowest BCUT2D eigenvalue weighted by Crippen LogP contribution is -2.20. The highest BCUT2D eigenvalue weighted by atomic mass is 35.5. The van der Waals surface area contributed by atoms with Gasteiger partial charge in [0, 0.05) is 11.1 Å². The first kappa shape index (κ1) is 19.5. The largest absolute Gasteiger partial charge is 0.477 e. The molecule has 0 heterocycles. The van der Waals surface area contributed by atoms with Crippen LogP contribution in [-0.4, -0.2) is 30.5 Å². The third-order valence-corrected chi connectivity index (χ3v) is 3.70. The Kier molecular flexibility index (Phi) is 6.37. The summed E-state index contributed by atoms with van der Waals surface area (Å²) < 4.78 is 9.70. The quantitative estimate of drug-likeness (QED) is 0.451. The Bertz CT molecular complexity index is 872. The van der Waals surface area contributed by atoms with Crippen LogP contribution < -0.4 is 10.1 Å². The van der Waals surface area contributed by atoms with Crippen LogP contribution in [0, 0.1) is 10.1 Å². The van der Waals surface area contributed by atoms with Gasteiger partial charge in [0.2, 0.25) is 0 Å². The van der Waals surface area contributed by atoms with Crippen LogP contribution in [0.25, 0.3) is 0 Å². The average Bonchev–Trinajstić information content (AvgIpc) is 2.62. The Hall–Kier alpha value is -2.84. The van der Waals surface area contributed by atoms with Gasteiger partial charge in [-0.2, -0.15) is 0 Å². The van der Waals surface area contributed by atoms with Gasteiger partial charge in [-0.15, -0.1) is 0 Å². The molecule has 2 aromatic rings. The maximum absolute atomic E-state index is 12.0. The van der Waals surface area contributed by atoms with Gasteiger partial charge in [-0.3, -0.25) is 14.9 Å². The zero-order chi connectivity index (χ0) is 19.3. The lowest BCUT2D eigenvalue weighted by molar-refractivity contribution is -0.385. The standard InChI is InChI=1S/C16H12Cl2N2O6/c1-25-16(22)9-2-5-14(13(6-9)20(23)24)26-8-15(21)19-12-7-10(17)3-4-11(12)18/h2-7H,8H2,1H3,(H,19,21).